The van der Waals surface area contributed by atoms with E-state index in [1.807, 2.05) is 0 Å². The summed E-state index contributed by atoms with van der Waals surface area (Å²) in [5.74, 6) is -0.652. The number of aromatic nitrogens is 3. The van der Waals surface area contributed by atoms with Crippen LogP contribution in [0.1, 0.15) is 61.9 Å². The summed E-state index contributed by atoms with van der Waals surface area (Å²) in [7, 11) is -2.21. The van der Waals surface area contributed by atoms with Gasteiger partial charge in [0.2, 0.25) is 0 Å². The average Bonchev–Trinajstić information content (AvgIpc) is 3.52. The van der Waals surface area contributed by atoms with Crippen molar-refractivity contribution in [2.24, 2.45) is 7.05 Å². The summed E-state index contributed by atoms with van der Waals surface area (Å²) in [5.41, 5.74) is 3.11. The zero-order valence-corrected chi connectivity index (χ0v) is 21.5. The predicted octanol–water partition coefficient (Wildman–Crippen LogP) is 3.80. The van der Waals surface area contributed by atoms with Crippen molar-refractivity contribution in [3.05, 3.63) is 71.8 Å². The van der Waals surface area contributed by atoms with Gasteiger partial charge in [0.05, 0.1) is 18.1 Å². The number of hydrogen-bond donors (Lipinski definition) is 3. The highest BCUT2D eigenvalue weighted by Gasteiger charge is 2.43. The summed E-state index contributed by atoms with van der Waals surface area (Å²) >= 11 is 0. The minimum absolute atomic E-state index is 0.0721. The molecule has 1 aromatic carbocycles. The zero-order chi connectivity index (χ0) is 25.8. The molecule has 2 heterocycles. The molecule has 0 radical (unpaired) electrons. The molecule has 1 fully saturated rings. The van der Waals surface area contributed by atoms with Gasteiger partial charge < -0.3 is 15.0 Å². The molecule has 1 unspecified atom stereocenters. The molecule has 0 aliphatic heterocycles. The lowest BCUT2D eigenvalue weighted by molar-refractivity contribution is -0.134. The van der Waals surface area contributed by atoms with E-state index in [1.54, 1.807) is 29.8 Å². The first-order valence-corrected chi connectivity index (χ1v) is 13.7. The molecule has 9 nitrogen and oxygen atoms in total. The van der Waals surface area contributed by atoms with Gasteiger partial charge in [0.15, 0.2) is 5.03 Å². The van der Waals surface area contributed by atoms with Crippen LogP contribution in [0.2, 0.25) is 0 Å². The zero-order valence-electron chi connectivity index (χ0n) is 20.6. The summed E-state index contributed by atoms with van der Waals surface area (Å²) in [4.78, 5) is 19.4. The smallest absolute Gasteiger partial charge is 0.322 e. The van der Waals surface area contributed by atoms with E-state index < -0.39 is 22.0 Å². The topological polar surface area (TPSA) is 126 Å². The van der Waals surface area contributed by atoms with Gasteiger partial charge in [-0.15, -0.1) is 0 Å². The third-order valence-corrected chi connectivity index (χ3v) is 8.03. The highest BCUT2D eigenvalue weighted by molar-refractivity contribution is 7.89. The van der Waals surface area contributed by atoms with Crippen LogP contribution in [0.25, 0.3) is 0 Å². The Morgan fingerprint density at radius 1 is 1.19 bits per heavy atom. The number of benzene rings is 1. The maximum absolute atomic E-state index is 13.1. The van der Waals surface area contributed by atoms with Gasteiger partial charge >= 0.3 is 5.97 Å². The van der Waals surface area contributed by atoms with Crippen molar-refractivity contribution >= 4 is 21.8 Å². The van der Waals surface area contributed by atoms with E-state index in [0.717, 1.165) is 5.56 Å². The van der Waals surface area contributed by atoms with Crippen molar-refractivity contribution < 1.29 is 18.3 Å². The van der Waals surface area contributed by atoms with Crippen molar-refractivity contribution in [1.29, 1.82) is 0 Å². The first-order chi connectivity index (χ1) is 17.2. The van der Waals surface area contributed by atoms with Gasteiger partial charge in [0.1, 0.15) is 12.4 Å². The number of unbranched alkanes of at least 4 members (excludes halogenated alkanes) is 1. The molecule has 1 atom stereocenters. The third kappa shape index (κ3) is 6.30. The van der Waals surface area contributed by atoms with E-state index in [0.29, 0.717) is 23.3 Å². The Morgan fingerprint density at radius 2 is 1.94 bits per heavy atom. The Labute approximate surface area is 212 Å². The maximum Gasteiger partial charge on any atom is 0.322 e. The van der Waals surface area contributed by atoms with Crippen LogP contribution in [0.5, 0.6) is 0 Å². The molecule has 0 spiro atoms. The quantitative estimate of drug-likeness (QED) is 0.319. The number of sulfonamides is 1. The van der Waals surface area contributed by atoms with Crippen LogP contribution in [0.4, 0.5) is 5.82 Å². The first kappa shape index (κ1) is 25.8. The molecule has 3 N–H and O–H groups in total. The number of pyridine rings is 1. The lowest BCUT2D eigenvalue weighted by Gasteiger charge is -2.20. The van der Waals surface area contributed by atoms with Crippen LogP contribution in [-0.4, -0.2) is 40.6 Å². The van der Waals surface area contributed by atoms with Crippen molar-refractivity contribution in [2.45, 2.75) is 61.9 Å². The highest BCUT2D eigenvalue weighted by atomic mass is 32.2. The third-order valence-electron chi connectivity index (χ3n) is 6.67. The molecule has 1 aliphatic rings. The first-order valence-electron chi connectivity index (χ1n) is 12.2. The number of anilines is 1. The normalized spacial score (nSPS) is 15.4. The molecule has 0 bridgehead atoms. The Morgan fingerprint density at radius 3 is 2.56 bits per heavy atom. The van der Waals surface area contributed by atoms with Crippen LogP contribution in [0.3, 0.4) is 0 Å². The lowest BCUT2D eigenvalue weighted by Crippen LogP contribution is -2.31. The number of imidazole rings is 1. The molecular formula is C26H33N5O4S. The van der Waals surface area contributed by atoms with Crippen molar-refractivity contribution in [1.82, 2.24) is 19.3 Å². The summed E-state index contributed by atoms with van der Waals surface area (Å²) in [5, 5.41) is 11.6. The van der Waals surface area contributed by atoms with Crippen LogP contribution in [-0.2, 0) is 33.7 Å². The van der Waals surface area contributed by atoms with Gasteiger partial charge in [-0.1, -0.05) is 50.1 Å². The van der Waals surface area contributed by atoms with Crippen molar-refractivity contribution in [3.63, 3.8) is 0 Å². The second-order valence-electron chi connectivity index (χ2n) is 9.53. The fraction of sp³-hybridized carbons (Fsp3) is 0.423. The van der Waals surface area contributed by atoms with E-state index in [2.05, 4.69) is 51.2 Å². The molecule has 4 rings (SSSR count). The predicted molar refractivity (Wildman–Crippen MR) is 137 cm³/mol. The van der Waals surface area contributed by atoms with Crippen molar-refractivity contribution in [3.8, 4) is 0 Å². The molecule has 3 aromatic rings. The summed E-state index contributed by atoms with van der Waals surface area (Å²) in [6.45, 7) is 1.92. The van der Waals surface area contributed by atoms with Gasteiger partial charge in [0, 0.05) is 13.2 Å². The minimum atomic E-state index is -3.91. The Hall–Kier alpha value is -3.24. The van der Waals surface area contributed by atoms with Crippen LogP contribution in [0.15, 0.2) is 60.0 Å². The molecule has 2 aromatic heterocycles. The molecule has 10 heteroatoms. The second kappa shape index (κ2) is 10.8. The molecule has 1 aliphatic carbocycles. The van der Waals surface area contributed by atoms with Gasteiger partial charge in [0.25, 0.3) is 10.0 Å². The lowest BCUT2D eigenvalue weighted by atomic mass is 9.89. The van der Waals surface area contributed by atoms with E-state index >= 15 is 0 Å². The molecule has 0 saturated heterocycles. The fourth-order valence-corrected chi connectivity index (χ4v) is 5.66. The summed E-state index contributed by atoms with van der Waals surface area (Å²) < 4.78 is 30.5. The van der Waals surface area contributed by atoms with Gasteiger partial charge in [-0.2, -0.15) is 0 Å². The van der Waals surface area contributed by atoms with Crippen LogP contribution >= 0.6 is 0 Å². The maximum atomic E-state index is 13.1. The number of aryl methyl sites for hydroxylation is 1. The number of rotatable bonds is 13. The Balaban J connectivity index is 1.59. The standard InChI is InChI=1S/C26H33N5O4S/c1-3-4-12-26(13-14-26)20-10-8-19(9-11-20)15-22(30-36(34,35)24-17-31(2)18-28-24)21-6-5-7-23(29-21)27-16-25(32)33/h5-11,17-18,22,30H,3-4,12-16H2,1-2H3,(H,27,29)(H,32,33). The number of nitrogens with one attached hydrogen (secondary N) is 2. The molecule has 192 valence electrons. The summed E-state index contributed by atoms with van der Waals surface area (Å²) in [6.07, 6.45) is 9.31. The number of hydrogen-bond acceptors (Lipinski definition) is 6. The van der Waals surface area contributed by atoms with Crippen LogP contribution < -0.4 is 10.0 Å². The number of nitrogens with zero attached hydrogens (tertiary/aromatic N) is 3. The van der Waals surface area contributed by atoms with E-state index in [1.165, 1.54) is 50.2 Å². The number of carboxylic acid groups (broad SMARTS) is 1. The molecule has 36 heavy (non-hydrogen) atoms. The molecule has 1 saturated carbocycles. The fourth-order valence-electron chi connectivity index (χ4n) is 4.47. The van der Waals surface area contributed by atoms with Gasteiger partial charge in [-0.05, 0) is 54.4 Å². The van der Waals surface area contributed by atoms with E-state index in [-0.39, 0.29) is 11.6 Å². The number of carboxylic acids is 1. The Bertz CT molecular complexity index is 1300. The largest absolute Gasteiger partial charge is 0.480 e. The molecule has 0 amide bonds. The van der Waals surface area contributed by atoms with Gasteiger partial charge in [-0.25, -0.2) is 23.1 Å². The average molecular weight is 512 g/mol. The minimum Gasteiger partial charge on any atom is -0.480 e. The SMILES string of the molecule is CCCCC1(c2ccc(CC(NS(=O)(=O)c3cn(C)cn3)c3cccc(NCC(=O)O)n3)cc2)CC1. The van der Waals surface area contributed by atoms with E-state index in [9.17, 15) is 13.2 Å². The van der Waals surface area contributed by atoms with Crippen LogP contribution in [0, 0.1) is 0 Å². The van der Waals surface area contributed by atoms with Crippen molar-refractivity contribution in [2.75, 3.05) is 11.9 Å². The Kier molecular flexibility index (Phi) is 7.75. The highest BCUT2D eigenvalue weighted by Crippen LogP contribution is 2.52. The number of aliphatic carboxylic acids is 1. The number of carbonyl (C=O) groups is 1. The molecular weight excluding hydrogens is 478 g/mol. The summed E-state index contributed by atoms with van der Waals surface area (Å²) in [6, 6.07) is 12.9. The second-order valence-corrected chi connectivity index (χ2v) is 11.2. The van der Waals surface area contributed by atoms with Gasteiger partial charge in [-0.3, -0.25) is 4.79 Å². The monoisotopic (exact) mass is 511 g/mol. The van der Waals surface area contributed by atoms with E-state index in [4.69, 9.17) is 5.11 Å².